The van der Waals surface area contributed by atoms with Crippen molar-refractivity contribution in [2.24, 2.45) is 0 Å². The predicted octanol–water partition coefficient (Wildman–Crippen LogP) is 3.37. The highest BCUT2D eigenvalue weighted by Crippen LogP contribution is 2.28. The van der Waals surface area contributed by atoms with Gasteiger partial charge in [-0.05, 0) is 62.7 Å². The van der Waals surface area contributed by atoms with Crippen LogP contribution in [-0.2, 0) is 6.42 Å². The Bertz CT molecular complexity index is 631. The van der Waals surface area contributed by atoms with Gasteiger partial charge >= 0.3 is 0 Å². The first-order chi connectivity index (χ1) is 10.0. The van der Waals surface area contributed by atoms with Crippen molar-refractivity contribution in [2.75, 3.05) is 14.2 Å². The van der Waals surface area contributed by atoms with Crippen LogP contribution >= 0.6 is 15.9 Å². The first kappa shape index (κ1) is 15.9. The van der Waals surface area contributed by atoms with Crippen LogP contribution < -0.4 is 10.1 Å². The molecule has 0 saturated heterocycles. The van der Waals surface area contributed by atoms with E-state index < -0.39 is 0 Å². The van der Waals surface area contributed by atoms with Crippen molar-refractivity contribution in [2.45, 2.75) is 26.3 Å². The molecule has 1 aromatic heterocycles. The maximum atomic E-state index is 5.31. The van der Waals surface area contributed by atoms with Gasteiger partial charge in [-0.2, -0.15) is 10.2 Å². The molecule has 2 rings (SSSR count). The molecule has 0 aliphatic carbocycles. The van der Waals surface area contributed by atoms with Crippen LogP contribution in [0, 0.1) is 13.8 Å². The van der Waals surface area contributed by atoms with E-state index in [0.717, 1.165) is 28.0 Å². The summed E-state index contributed by atoms with van der Waals surface area (Å²) in [6.45, 7) is 3.96. The minimum Gasteiger partial charge on any atom is -0.497 e. The molecule has 112 valence electrons. The van der Waals surface area contributed by atoms with Gasteiger partial charge in [-0.1, -0.05) is 15.9 Å². The fourth-order valence-electron chi connectivity index (χ4n) is 2.34. The molecule has 0 amide bonds. The molecule has 1 atom stereocenters. The predicted molar refractivity (Wildman–Crippen MR) is 87.7 cm³/mol. The van der Waals surface area contributed by atoms with E-state index in [1.165, 1.54) is 11.1 Å². The molecule has 5 heteroatoms. The van der Waals surface area contributed by atoms with Gasteiger partial charge in [0.25, 0.3) is 0 Å². The summed E-state index contributed by atoms with van der Waals surface area (Å²) >= 11 is 3.61. The van der Waals surface area contributed by atoms with E-state index in [0.29, 0.717) is 0 Å². The average Bonchev–Trinajstić information content (AvgIpc) is 2.49. The molecule has 4 nitrogen and oxygen atoms in total. The Morgan fingerprint density at radius 2 is 2.00 bits per heavy atom. The third kappa shape index (κ3) is 3.80. The summed E-state index contributed by atoms with van der Waals surface area (Å²) in [6.07, 6.45) is 0.847. The Labute approximate surface area is 134 Å². The molecule has 1 aromatic carbocycles. The first-order valence-corrected chi connectivity index (χ1v) is 7.65. The van der Waals surface area contributed by atoms with E-state index in [1.807, 2.05) is 33.0 Å². The van der Waals surface area contributed by atoms with Crippen molar-refractivity contribution < 1.29 is 4.74 Å². The lowest BCUT2D eigenvalue weighted by Crippen LogP contribution is -2.21. The van der Waals surface area contributed by atoms with E-state index >= 15 is 0 Å². The monoisotopic (exact) mass is 349 g/mol. The summed E-state index contributed by atoms with van der Waals surface area (Å²) in [5.41, 5.74) is 4.27. The molecular formula is C16H20BrN3O. The molecule has 0 radical (unpaired) electrons. The van der Waals surface area contributed by atoms with Gasteiger partial charge in [0.1, 0.15) is 5.75 Å². The van der Waals surface area contributed by atoms with Gasteiger partial charge in [0.05, 0.1) is 18.5 Å². The molecular weight excluding hydrogens is 330 g/mol. The van der Waals surface area contributed by atoms with E-state index in [2.05, 4.69) is 43.6 Å². The summed E-state index contributed by atoms with van der Waals surface area (Å²) in [5, 5.41) is 11.7. The lowest BCUT2D eigenvalue weighted by molar-refractivity contribution is 0.413. The lowest BCUT2D eigenvalue weighted by Gasteiger charge is -2.19. The molecule has 0 saturated carbocycles. The molecule has 0 aliphatic rings. The Balaban J connectivity index is 2.33. The SMILES string of the molecule is CNC(Cc1cc(OC)ccc1Br)c1cc(C)nnc1C. The van der Waals surface area contributed by atoms with E-state index in [4.69, 9.17) is 4.74 Å². The zero-order valence-corrected chi connectivity index (χ0v) is 14.4. The third-order valence-electron chi connectivity index (χ3n) is 3.54. The summed E-state index contributed by atoms with van der Waals surface area (Å²) in [6, 6.07) is 8.31. The van der Waals surface area contributed by atoms with Gasteiger partial charge < -0.3 is 10.1 Å². The standard InChI is InChI=1S/C16H20BrN3O/c1-10-7-14(11(2)20-19-10)16(18-3)9-12-8-13(21-4)5-6-15(12)17/h5-8,16,18H,9H2,1-4H3. The zero-order chi connectivity index (χ0) is 15.4. The fourth-order valence-corrected chi connectivity index (χ4v) is 2.75. The summed E-state index contributed by atoms with van der Waals surface area (Å²) < 4.78 is 6.39. The number of benzene rings is 1. The summed E-state index contributed by atoms with van der Waals surface area (Å²) in [4.78, 5) is 0. The van der Waals surface area contributed by atoms with Crippen LogP contribution in [0.1, 0.15) is 28.6 Å². The number of nitrogens with one attached hydrogen (secondary N) is 1. The zero-order valence-electron chi connectivity index (χ0n) is 12.8. The Hall–Kier alpha value is -1.46. The second kappa shape index (κ2) is 7.00. The number of ether oxygens (including phenoxy) is 1. The van der Waals surface area contributed by atoms with Crippen LogP contribution in [0.25, 0.3) is 0 Å². The number of aromatic nitrogens is 2. The number of aryl methyl sites for hydroxylation is 2. The van der Waals surface area contributed by atoms with E-state index in [-0.39, 0.29) is 6.04 Å². The van der Waals surface area contributed by atoms with Crippen LogP contribution in [-0.4, -0.2) is 24.4 Å². The quantitative estimate of drug-likeness (QED) is 0.898. The van der Waals surface area contributed by atoms with Crippen LogP contribution in [0.3, 0.4) is 0 Å². The molecule has 1 N–H and O–H groups in total. The Morgan fingerprint density at radius 3 is 2.67 bits per heavy atom. The summed E-state index contributed by atoms with van der Waals surface area (Å²) in [7, 11) is 3.65. The highest BCUT2D eigenvalue weighted by atomic mass is 79.9. The number of halogens is 1. The van der Waals surface area contributed by atoms with Gasteiger partial charge in [-0.3, -0.25) is 0 Å². The van der Waals surface area contributed by atoms with Gasteiger partial charge in [0, 0.05) is 10.5 Å². The normalized spacial score (nSPS) is 12.2. The van der Waals surface area contributed by atoms with Gasteiger partial charge in [-0.15, -0.1) is 0 Å². The summed E-state index contributed by atoms with van der Waals surface area (Å²) in [5.74, 6) is 0.865. The second-order valence-corrected chi connectivity index (χ2v) is 5.88. The minimum absolute atomic E-state index is 0.183. The number of hydrogen-bond acceptors (Lipinski definition) is 4. The minimum atomic E-state index is 0.183. The highest BCUT2D eigenvalue weighted by molar-refractivity contribution is 9.10. The van der Waals surface area contributed by atoms with Crippen molar-refractivity contribution in [3.63, 3.8) is 0 Å². The molecule has 1 heterocycles. The van der Waals surface area contributed by atoms with Crippen molar-refractivity contribution in [1.82, 2.24) is 15.5 Å². The van der Waals surface area contributed by atoms with Gasteiger partial charge in [0.15, 0.2) is 0 Å². The van der Waals surface area contributed by atoms with Crippen LogP contribution in [0.2, 0.25) is 0 Å². The highest BCUT2D eigenvalue weighted by Gasteiger charge is 2.16. The molecule has 0 bridgehead atoms. The number of rotatable bonds is 5. The van der Waals surface area contributed by atoms with Crippen LogP contribution in [0.4, 0.5) is 0 Å². The van der Waals surface area contributed by atoms with Gasteiger partial charge in [0.2, 0.25) is 0 Å². The topological polar surface area (TPSA) is 47.0 Å². The van der Waals surface area contributed by atoms with E-state index in [9.17, 15) is 0 Å². The maximum Gasteiger partial charge on any atom is 0.119 e. The first-order valence-electron chi connectivity index (χ1n) is 6.85. The Kier molecular flexibility index (Phi) is 5.31. The lowest BCUT2D eigenvalue weighted by atomic mass is 9.98. The van der Waals surface area contributed by atoms with Crippen molar-refractivity contribution in [3.8, 4) is 5.75 Å². The third-order valence-corrected chi connectivity index (χ3v) is 4.31. The smallest absolute Gasteiger partial charge is 0.119 e. The number of nitrogens with zero attached hydrogens (tertiary/aromatic N) is 2. The van der Waals surface area contributed by atoms with Crippen LogP contribution in [0.15, 0.2) is 28.7 Å². The number of methoxy groups -OCH3 is 1. The molecule has 21 heavy (non-hydrogen) atoms. The van der Waals surface area contributed by atoms with Crippen molar-refractivity contribution in [3.05, 3.63) is 51.3 Å². The molecule has 0 spiro atoms. The Morgan fingerprint density at radius 1 is 1.24 bits per heavy atom. The number of likely N-dealkylation sites (N-methyl/N-ethyl adjacent to an activating group) is 1. The van der Waals surface area contributed by atoms with E-state index in [1.54, 1.807) is 7.11 Å². The molecule has 1 unspecified atom stereocenters. The molecule has 0 aliphatic heterocycles. The second-order valence-electron chi connectivity index (χ2n) is 5.03. The average molecular weight is 350 g/mol. The largest absolute Gasteiger partial charge is 0.497 e. The van der Waals surface area contributed by atoms with Crippen LogP contribution in [0.5, 0.6) is 5.75 Å². The molecule has 0 fully saturated rings. The van der Waals surface area contributed by atoms with Crippen molar-refractivity contribution >= 4 is 15.9 Å². The van der Waals surface area contributed by atoms with Crippen molar-refractivity contribution in [1.29, 1.82) is 0 Å². The van der Waals surface area contributed by atoms with Gasteiger partial charge in [-0.25, -0.2) is 0 Å². The maximum absolute atomic E-state index is 5.31. The fraction of sp³-hybridized carbons (Fsp3) is 0.375. The molecule has 2 aromatic rings. The number of hydrogen-bond donors (Lipinski definition) is 1.